The van der Waals surface area contributed by atoms with Gasteiger partial charge in [0.25, 0.3) is 5.91 Å². The van der Waals surface area contributed by atoms with E-state index in [0.29, 0.717) is 34.1 Å². The van der Waals surface area contributed by atoms with Gasteiger partial charge in [-0.2, -0.15) is 0 Å². The monoisotopic (exact) mass is 457 g/mol. The van der Waals surface area contributed by atoms with Crippen molar-refractivity contribution in [3.05, 3.63) is 88.9 Å². The highest BCUT2D eigenvalue weighted by Gasteiger charge is 2.19. The predicted molar refractivity (Wildman–Crippen MR) is 122 cm³/mol. The number of hydrogen-bond donors (Lipinski definition) is 3. The van der Waals surface area contributed by atoms with E-state index in [1.54, 1.807) is 48.5 Å². The van der Waals surface area contributed by atoms with Crippen molar-refractivity contribution in [3.8, 4) is 0 Å². The third-order valence-electron chi connectivity index (χ3n) is 4.50. The first kappa shape index (κ1) is 22.8. The lowest BCUT2D eigenvalue weighted by molar-refractivity contribution is 0.0956. The highest BCUT2D eigenvalue weighted by atomic mass is 35.5. The summed E-state index contributed by atoms with van der Waals surface area (Å²) < 4.78 is 28.2. The number of amides is 1. The molecule has 3 rings (SSSR count). The molecule has 3 aromatic carbocycles. The first-order valence-corrected chi connectivity index (χ1v) is 11.4. The molecule has 0 heterocycles. The van der Waals surface area contributed by atoms with Crippen LogP contribution < -0.4 is 20.9 Å². The molecule has 0 aliphatic heterocycles. The Balaban J connectivity index is 1.86. The van der Waals surface area contributed by atoms with E-state index in [2.05, 4.69) is 16.1 Å². The van der Waals surface area contributed by atoms with E-state index in [-0.39, 0.29) is 17.3 Å². The Morgan fingerprint density at radius 2 is 1.94 bits per heavy atom. The van der Waals surface area contributed by atoms with Crippen LogP contribution in [0.15, 0.2) is 71.6 Å². The Labute approximate surface area is 186 Å². The molecule has 0 atom stereocenters. The Kier molecular flexibility index (Phi) is 7.29. The molecule has 161 valence electrons. The van der Waals surface area contributed by atoms with Crippen LogP contribution in [0.2, 0.25) is 5.02 Å². The zero-order valence-electron chi connectivity index (χ0n) is 16.8. The first-order chi connectivity index (χ1) is 14.8. The van der Waals surface area contributed by atoms with Gasteiger partial charge in [-0.3, -0.25) is 9.80 Å². The van der Waals surface area contributed by atoms with Crippen molar-refractivity contribution in [2.24, 2.45) is 5.84 Å². The maximum atomic E-state index is 12.8. The second-order valence-corrected chi connectivity index (χ2v) is 8.76. The van der Waals surface area contributed by atoms with Crippen molar-refractivity contribution < 1.29 is 13.2 Å². The summed E-state index contributed by atoms with van der Waals surface area (Å²) in [6.45, 7) is 2.32. The summed E-state index contributed by atoms with van der Waals surface area (Å²) in [5, 5.41) is 4.47. The lowest BCUT2D eigenvalue weighted by atomic mass is 10.1. The molecule has 3 aromatic rings. The number of nitrogens with zero attached hydrogens (tertiary/aromatic N) is 1. The summed E-state index contributed by atoms with van der Waals surface area (Å²) in [6, 6.07) is 20.8. The zero-order chi connectivity index (χ0) is 22.4. The molecule has 1 amide bonds. The average Bonchev–Trinajstić information content (AvgIpc) is 2.78. The number of carbonyl (C=O) groups is 1. The van der Waals surface area contributed by atoms with Crippen molar-refractivity contribution in [3.63, 3.8) is 0 Å². The summed E-state index contributed by atoms with van der Waals surface area (Å²) in [4.78, 5) is 12.4. The number of nitrogens with one attached hydrogen (secondary N) is 2. The SMILES string of the molecule is CCNC(=O)c1c[c]ccc1N(N)c1cccc(S(=O)(=O)NCc2ccccc2Cl)c1. The Morgan fingerprint density at radius 1 is 1.16 bits per heavy atom. The number of nitrogens with two attached hydrogens (primary N) is 1. The normalized spacial score (nSPS) is 11.2. The summed E-state index contributed by atoms with van der Waals surface area (Å²) in [5.74, 6) is 5.96. The fourth-order valence-corrected chi connectivity index (χ4v) is 4.16. The predicted octanol–water partition coefficient (Wildman–Crippen LogP) is 3.38. The molecule has 0 fully saturated rings. The molecule has 0 saturated carbocycles. The van der Waals surface area contributed by atoms with Gasteiger partial charge < -0.3 is 5.32 Å². The molecule has 0 aliphatic rings. The number of benzene rings is 3. The molecule has 1 radical (unpaired) electrons. The number of carbonyl (C=O) groups excluding carboxylic acids is 1. The highest BCUT2D eigenvalue weighted by molar-refractivity contribution is 7.89. The quantitative estimate of drug-likeness (QED) is 0.355. The minimum atomic E-state index is -3.82. The Hall–Kier alpha value is -2.91. The van der Waals surface area contributed by atoms with Crippen molar-refractivity contribution >= 4 is 38.9 Å². The molecule has 0 saturated heterocycles. The second kappa shape index (κ2) is 9.93. The van der Waals surface area contributed by atoms with Crippen LogP contribution in [0, 0.1) is 6.07 Å². The van der Waals surface area contributed by atoms with Gasteiger partial charge >= 0.3 is 0 Å². The van der Waals surface area contributed by atoms with E-state index in [4.69, 9.17) is 17.4 Å². The van der Waals surface area contributed by atoms with E-state index >= 15 is 0 Å². The van der Waals surface area contributed by atoms with Crippen LogP contribution in [0.25, 0.3) is 0 Å². The van der Waals surface area contributed by atoms with Crippen LogP contribution >= 0.6 is 11.6 Å². The van der Waals surface area contributed by atoms with Gasteiger partial charge in [-0.05, 0) is 55.0 Å². The lowest BCUT2D eigenvalue weighted by Gasteiger charge is -2.22. The Bertz CT molecular complexity index is 1180. The van der Waals surface area contributed by atoms with Gasteiger partial charge in [0.1, 0.15) is 0 Å². The maximum Gasteiger partial charge on any atom is 0.253 e. The summed E-state index contributed by atoms with van der Waals surface area (Å²) >= 11 is 6.10. The minimum absolute atomic E-state index is 0.0366. The fourth-order valence-electron chi connectivity index (χ4n) is 2.91. The van der Waals surface area contributed by atoms with Crippen LogP contribution in [-0.2, 0) is 16.6 Å². The number of anilines is 2. The van der Waals surface area contributed by atoms with Gasteiger partial charge in [0.15, 0.2) is 0 Å². The fraction of sp³-hybridized carbons (Fsp3) is 0.136. The van der Waals surface area contributed by atoms with Gasteiger partial charge in [-0.15, -0.1) is 0 Å². The molecule has 31 heavy (non-hydrogen) atoms. The smallest absolute Gasteiger partial charge is 0.253 e. The standard InChI is InChI=1S/C22H22ClN4O3S/c1-2-25-22(28)19-11-4-6-13-21(19)27(24)17-9-7-10-18(14-17)31(29,30)26-15-16-8-3-5-12-20(16)23/h3,5-14,26H,2,15,24H2,1H3,(H,25,28). The zero-order valence-corrected chi connectivity index (χ0v) is 18.4. The van der Waals surface area contributed by atoms with E-state index in [1.165, 1.54) is 23.2 Å². The average molecular weight is 458 g/mol. The molecule has 0 spiro atoms. The largest absolute Gasteiger partial charge is 0.352 e. The lowest BCUT2D eigenvalue weighted by Crippen LogP contribution is -2.30. The molecular formula is C22H22ClN4O3S. The molecule has 0 aromatic heterocycles. The van der Waals surface area contributed by atoms with Crippen molar-refractivity contribution in [2.45, 2.75) is 18.4 Å². The summed E-state index contributed by atoms with van der Waals surface area (Å²) in [7, 11) is -3.82. The maximum absolute atomic E-state index is 12.8. The summed E-state index contributed by atoms with van der Waals surface area (Å²) in [6.07, 6.45) is 0. The van der Waals surface area contributed by atoms with Gasteiger partial charge in [0.2, 0.25) is 10.0 Å². The van der Waals surface area contributed by atoms with Crippen LogP contribution in [-0.4, -0.2) is 20.9 Å². The van der Waals surface area contributed by atoms with Gasteiger partial charge in [0.05, 0.1) is 21.8 Å². The molecule has 0 bridgehead atoms. The van der Waals surface area contributed by atoms with Crippen molar-refractivity contribution in [1.82, 2.24) is 10.0 Å². The second-order valence-electron chi connectivity index (χ2n) is 6.59. The molecule has 7 nitrogen and oxygen atoms in total. The number of halogens is 1. The van der Waals surface area contributed by atoms with Crippen LogP contribution in [0.1, 0.15) is 22.8 Å². The van der Waals surface area contributed by atoms with E-state index in [0.717, 1.165) is 0 Å². The molecule has 4 N–H and O–H groups in total. The molecule has 9 heteroatoms. The molecule has 0 aliphatic carbocycles. The van der Waals surface area contributed by atoms with Crippen LogP contribution in [0.4, 0.5) is 11.4 Å². The molecular weight excluding hydrogens is 436 g/mol. The Morgan fingerprint density at radius 3 is 2.68 bits per heavy atom. The van der Waals surface area contributed by atoms with E-state index in [9.17, 15) is 13.2 Å². The third kappa shape index (κ3) is 5.42. The van der Waals surface area contributed by atoms with Crippen molar-refractivity contribution in [1.29, 1.82) is 0 Å². The van der Waals surface area contributed by atoms with E-state index < -0.39 is 10.0 Å². The number of rotatable bonds is 8. The van der Waals surface area contributed by atoms with Gasteiger partial charge in [0, 0.05) is 18.1 Å². The van der Waals surface area contributed by atoms with Crippen LogP contribution in [0.3, 0.4) is 0 Å². The first-order valence-electron chi connectivity index (χ1n) is 9.49. The minimum Gasteiger partial charge on any atom is -0.352 e. The number of hydrazine groups is 1. The number of sulfonamides is 1. The van der Waals surface area contributed by atoms with E-state index in [1.807, 2.05) is 6.92 Å². The topological polar surface area (TPSA) is 105 Å². The highest BCUT2D eigenvalue weighted by Crippen LogP contribution is 2.27. The van der Waals surface area contributed by atoms with Crippen LogP contribution in [0.5, 0.6) is 0 Å². The summed E-state index contributed by atoms with van der Waals surface area (Å²) in [5.41, 5.74) is 1.81. The third-order valence-corrected chi connectivity index (χ3v) is 6.27. The van der Waals surface area contributed by atoms with Crippen molar-refractivity contribution in [2.75, 3.05) is 11.6 Å². The number of hydrogen-bond acceptors (Lipinski definition) is 5. The van der Waals surface area contributed by atoms with Gasteiger partial charge in [-0.1, -0.05) is 41.9 Å². The molecule has 0 unspecified atom stereocenters. The van der Waals surface area contributed by atoms with Gasteiger partial charge in [-0.25, -0.2) is 19.0 Å².